The van der Waals surface area contributed by atoms with Crippen LogP contribution in [0.5, 0.6) is 0 Å². The van der Waals surface area contributed by atoms with Crippen molar-refractivity contribution in [3.63, 3.8) is 0 Å². The number of halogens is 3. The molecule has 0 aromatic carbocycles. The summed E-state index contributed by atoms with van der Waals surface area (Å²) in [5, 5.41) is 1.66. The number of hydrogen-bond acceptors (Lipinski definition) is 5. The van der Waals surface area contributed by atoms with Gasteiger partial charge in [-0.05, 0) is 26.7 Å². The minimum atomic E-state index is -4.37. The summed E-state index contributed by atoms with van der Waals surface area (Å²) < 4.78 is 38.1. The van der Waals surface area contributed by atoms with Crippen LogP contribution in [0.4, 0.5) is 19.0 Å². The molecule has 1 fully saturated rings. The highest BCUT2D eigenvalue weighted by atomic mass is 32.1. The van der Waals surface area contributed by atoms with Gasteiger partial charge in [0.15, 0.2) is 5.69 Å². The number of alkyl halides is 3. The van der Waals surface area contributed by atoms with E-state index in [0.29, 0.717) is 17.4 Å². The molecule has 0 aliphatic carbocycles. The maximum atomic E-state index is 12.7. The highest BCUT2D eigenvalue weighted by Gasteiger charge is 2.35. The van der Waals surface area contributed by atoms with Crippen LogP contribution in [-0.2, 0) is 6.18 Å². The first-order valence-electron chi connectivity index (χ1n) is 7.43. The third-order valence-corrected chi connectivity index (χ3v) is 4.87. The van der Waals surface area contributed by atoms with Gasteiger partial charge in [0.25, 0.3) is 0 Å². The molecule has 124 valence electrons. The first-order chi connectivity index (χ1) is 10.8. The van der Waals surface area contributed by atoms with Gasteiger partial charge in [0.05, 0.1) is 5.01 Å². The number of thiazole rings is 1. The van der Waals surface area contributed by atoms with Crippen molar-refractivity contribution < 1.29 is 13.2 Å². The van der Waals surface area contributed by atoms with Crippen molar-refractivity contribution in [2.75, 3.05) is 18.0 Å². The lowest BCUT2D eigenvalue weighted by molar-refractivity contribution is -0.140. The minimum Gasteiger partial charge on any atom is -0.356 e. The van der Waals surface area contributed by atoms with E-state index in [-0.39, 0.29) is 5.92 Å². The van der Waals surface area contributed by atoms with Gasteiger partial charge in [-0.3, -0.25) is 0 Å². The Morgan fingerprint density at radius 2 is 2.00 bits per heavy atom. The second-order valence-electron chi connectivity index (χ2n) is 5.77. The van der Waals surface area contributed by atoms with Gasteiger partial charge in [0.1, 0.15) is 11.6 Å². The van der Waals surface area contributed by atoms with Crippen molar-refractivity contribution in [1.29, 1.82) is 0 Å². The predicted molar refractivity (Wildman–Crippen MR) is 82.8 cm³/mol. The zero-order chi connectivity index (χ0) is 16.6. The van der Waals surface area contributed by atoms with E-state index in [1.54, 1.807) is 0 Å². The smallest absolute Gasteiger partial charge is 0.356 e. The lowest BCUT2D eigenvalue weighted by atomic mass is 9.98. The molecule has 1 atom stereocenters. The quantitative estimate of drug-likeness (QED) is 0.829. The van der Waals surface area contributed by atoms with E-state index in [2.05, 4.69) is 19.9 Å². The molecule has 0 amide bonds. The van der Waals surface area contributed by atoms with Crippen LogP contribution in [-0.4, -0.2) is 28.0 Å². The average Bonchev–Trinajstić information content (AvgIpc) is 2.96. The van der Waals surface area contributed by atoms with Gasteiger partial charge >= 0.3 is 6.18 Å². The van der Waals surface area contributed by atoms with Crippen molar-refractivity contribution >= 4 is 17.2 Å². The molecule has 2 aromatic rings. The molecule has 0 spiro atoms. The summed E-state index contributed by atoms with van der Waals surface area (Å²) in [7, 11) is 0. The Hall–Kier alpha value is -1.70. The number of aromatic nitrogens is 3. The monoisotopic (exact) mass is 342 g/mol. The number of anilines is 1. The topological polar surface area (TPSA) is 41.9 Å². The predicted octanol–water partition coefficient (Wildman–Crippen LogP) is 3.95. The summed E-state index contributed by atoms with van der Waals surface area (Å²) in [4.78, 5) is 14.6. The van der Waals surface area contributed by atoms with Gasteiger partial charge in [-0.15, -0.1) is 11.3 Å². The largest absolute Gasteiger partial charge is 0.434 e. The van der Waals surface area contributed by atoms with E-state index in [4.69, 9.17) is 0 Å². The molecule has 0 saturated carbocycles. The van der Waals surface area contributed by atoms with Crippen LogP contribution in [0.3, 0.4) is 0 Å². The fourth-order valence-electron chi connectivity index (χ4n) is 2.85. The van der Waals surface area contributed by atoms with E-state index in [0.717, 1.165) is 47.6 Å². The first kappa shape index (κ1) is 16.2. The van der Waals surface area contributed by atoms with E-state index in [1.165, 1.54) is 0 Å². The van der Waals surface area contributed by atoms with Crippen molar-refractivity contribution in [3.8, 4) is 0 Å². The van der Waals surface area contributed by atoms with Crippen LogP contribution in [0, 0.1) is 13.8 Å². The molecule has 23 heavy (non-hydrogen) atoms. The summed E-state index contributed by atoms with van der Waals surface area (Å²) in [6.07, 6.45) is -2.61. The number of rotatable bonds is 2. The molecule has 8 heteroatoms. The Kier molecular flexibility index (Phi) is 4.27. The molecule has 2 aromatic heterocycles. The summed E-state index contributed by atoms with van der Waals surface area (Å²) >= 11 is 1.10. The molecular formula is C15H17F3N4S. The molecule has 1 aliphatic rings. The van der Waals surface area contributed by atoms with Crippen LogP contribution in [0.2, 0.25) is 0 Å². The molecule has 3 heterocycles. The zero-order valence-electron chi connectivity index (χ0n) is 12.9. The minimum absolute atomic E-state index is 0.0143. The molecule has 4 nitrogen and oxygen atoms in total. The first-order valence-corrected chi connectivity index (χ1v) is 8.31. The molecule has 1 unspecified atom stereocenters. The highest BCUT2D eigenvalue weighted by molar-refractivity contribution is 7.09. The van der Waals surface area contributed by atoms with E-state index in [1.807, 2.05) is 19.9 Å². The number of hydrogen-bond donors (Lipinski definition) is 0. The highest BCUT2D eigenvalue weighted by Crippen LogP contribution is 2.35. The van der Waals surface area contributed by atoms with E-state index in [9.17, 15) is 13.2 Å². The van der Waals surface area contributed by atoms with Gasteiger partial charge in [-0.2, -0.15) is 13.2 Å². The van der Waals surface area contributed by atoms with Crippen LogP contribution >= 0.6 is 11.3 Å². The van der Waals surface area contributed by atoms with Crippen LogP contribution in [0.1, 0.15) is 41.0 Å². The summed E-state index contributed by atoms with van der Waals surface area (Å²) in [5.41, 5.74) is 0.103. The number of piperidine rings is 1. The fraction of sp³-hybridized carbons (Fsp3) is 0.533. The van der Waals surface area contributed by atoms with E-state index < -0.39 is 11.9 Å². The Morgan fingerprint density at radius 1 is 1.22 bits per heavy atom. The van der Waals surface area contributed by atoms with Gasteiger partial charge in [0, 0.05) is 36.1 Å². The molecule has 0 radical (unpaired) electrons. The molecule has 0 N–H and O–H groups in total. The lowest BCUT2D eigenvalue weighted by Gasteiger charge is -2.32. The van der Waals surface area contributed by atoms with Crippen molar-refractivity contribution in [1.82, 2.24) is 15.0 Å². The van der Waals surface area contributed by atoms with Crippen molar-refractivity contribution in [2.24, 2.45) is 0 Å². The van der Waals surface area contributed by atoms with Gasteiger partial charge in [-0.1, -0.05) is 0 Å². The van der Waals surface area contributed by atoms with E-state index >= 15 is 0 Å². The van der Waals surface area contributed by atoms with Crippen molar-refractivity contribution in [3.05, 3.63) is 33.7 Å². The molecule has 1 saturated heterocycles. The summed E-state index contributed by atoms with van der Waals surface area (Å²) in [6.45, 7) is 5.25. The normalized spacial score (nSPS) is 19.2. The Balaban J connectivity index is 1.79. The van der Waals surface area contributed by atoms with Crippen LogP contribution in [0.15, 0.2) is 11.4 Å². The van der Waals surface area contributed by atoms with Gasteiger partial charge in [0.2, 0.25) is 0 Å². The summed E-state index contributed by atoms with van der Waals surface area (Å²) in [6, 6.07) is 1.92. The second-order valence-corrected chi connectivity index (χ2v) is 6.66. The lowest BCUT2D eigenvalue weighted by Crippen LogP contribution is -2.35. The Labute approximate surface area is 136 Å². The number of nitrogens with zero attached hydrogens (tertiary/aromatic N) is 4. The molecule has 3 rings (SSSR count). The fourth-order valence-corrected chi connectivity index (χ4v) is 3.81. The van der Waals surface area contributed by atoms with Crippen LogP contribution in [0.25, 0.3) is 0 Å². The van der Waals surface area contributed by atoms with Crippen LogP contribution < -0.4 is 4.90 Å². The molecule has 0 bridgehead atoms. The molecule has 1 aliphatic heterocycles. The molecular weight excluding hydrogens is 325 g/mol. The second kappa shape index (κ2) is 6.07. The third-order valence-electron chi connectivity index (χ3n) is 3.86. The zero-order valence-corrected chi connectivity index (χ0v) is 13.7. The standard InChI is InChI=1S/C15H17F3N4S/c1-9-6-13(20-10(2)19-9)22-5-3-4-11(7-22)14-21-12(8-23-14)15(16,17)18/h6,8,11H,3-5,7H2,1-2H3. The summed E-state index contributed by atoms with van der Waals surface area (Å²) in [5.74, 6) is 1.56. The third kappa shape index (κ3) is 3.63. The number of aryl methyl sites for hydroxylation is 2. The van der Waals surface area contributed by atoms with Crippen molar-refractivity contribution in [2.45, 2.75) is 38.8 Å². The maximum Gasteiger partial charge on any atom is 0.434 e. The Morgan fingerprint density at radius 3 is 2.65 bits per heavy atom. The van der Waals surface area contributed by atoms with Gasteiger partial charge in [-0.25, -0.2) is 15.0 Å². The average molecular weight is 342 g/mol. The SMILES string of the molecule is Cc1cc(N2CCCC(c3nc(C(F)(F)F)cs3)C2)nc(C)n1. The maximum absolute atomic E-state index is 12.7. The van der Waals surface area contributed by atoms with Gasteiger partial charge < -0.3 is 4.90 Å². The Bertz CT molecular complexity index is 678.